The first-order valence-corrected chi connectivity index (χ1v) is 8.18. The zero-order valence-electron chi connectivity index (χ0n) is 12.5. The Kier molecular flexibility index (Phi) is 7.57. The number of nitrogens with two attached hydrogens (primary N) is 1. The van der Waals surface area contributed by atoms with E-state index in [9.17, 15) is 4.79 Å². The van der Waals surface area contributed by atoms with Gasteiger partial charge >= 0.3 is 0 Å². The molecule has 3 N–H and O–H groups in total. The third-order valence-electron chi connectivity index (χ3n) is 3.71. The van der Waals surface area contributed by atoms with Gasteiger partial charge in [0.1, 0.15) is 0 Å². The van der Waals surface area contributed by atoms with Crippen molar-refractivity contribution >= 4 is 30.1 Å². The number of rotatable bonds is 6. The third kappa shape index (κ3) is 5.89. The second-order valence-corrected chi connectivity index (χ2v) is 7.30. The van der Waals surface area contributed by atoms with Gasteiger partial charge in [-0.15, -0.1) is 24.2 Å². The van der Waals surface area contributed by atoms with Crippen molar-refractivity contribution in [2.45, 2.75) is 54.7 Å². The van der Waals surface area contributed by atoms with Gasteiger partial charge in [0, 0.05) is 28.6 Å². The highest BCUT2D eigenvalue weighted by molar-refractivity contribution is 8.00. The van der Waals surface area contributed by atoms with E-state index >= 15 is 0 Å². The highest BCUT2D eigenvalue weighted by atomic mass is 35.5. The van der Waals surface area contributed by atoms with Crippen molar-refractivity contribution in [2.24, 2.45) is 5.73 Å². The number of amides is 1. The van der Waals surface area contributed by atoms with E-state index in [1.165, 1.54) is 30.6 Å². The van der Waals surface area contributed by atoms with Crippen LogP contribution in [0.2, 0.25) is 0 Å². The molecule has 21 heavy (non-hydrogen) atoms. The largest absolute Gasteiger partial charge is 0.355 e. The summed E-state index contributed by atoms with van der Waals surface area (Å²) in [6.07, 6.45) is 5.26. The topological polar surface area (TPSA) is 55.1 Å². The molecule has 1 aromatic rings. The fourth-order valence-electron chi connectivity index (χ4n) is 2.70. The second-order valence-electron chi connectivity index (χ2n) is 5.76. The molecule has 3 nitrogen and oxygen atoms in total. The molecule has 2 rings (SSSR count). The Balaban J connectivity index is 0.00000220. The van der Waals surface area contributed by atoms with Gasteiger partial charge in [-0.05, 0) is 31.9 Å². The van der Waals surface area contributed by atoms with Gasteiger partial charge in [-0.1, -0.05) is 31.0 Å². The van der Waals surface area contributed by atoms with Crippen LogP contribution < -0.4 is 11.1 Å². The SMILES string of the molecule is CC(N)CC(=O)NCC1(Sc2ccccc2)CCCC1.Cl. The molecule has 1 aromatic carbocycles. The summed E-state index contributed by atoms with van der Waals surface area (Å²) < 4.78 is 0.162. The van der Waals surface area contributed by atoms with Crippen LogP contribution in [-0.2, 0) is 4.79 Å². The van der Waals surface area contributed by atoms with Gasteiger partial charge in [0.05, 0.1) is 0 Å². The van der Waals surface area contributed by atoms with Gasteiger partial charge in [0.15, 0.2) is 0 Å². The van der Waals surface area contributed by atoms with Crippen molar-refractivity contribution < 1.29 is 4.79 Å². The lowest BCUT2D eigenvalue weighted by molar-refractivity contribution is -0.121. The Hall–Kier alpha value is -0.710. The minimum Gasteiger partial charge on any atom is -0.355 e. The minimum atomic E-state index is -0.0729. The van der Waals surface area contributed by atoms with Crippen molar-refractivity contribution in [1.82, 2.24) is 5.32 Å². The van der Waals surface area contributed by atoms with Crippen molar-refractivity contribution in [3.8, 4) is 0 Å². The average Bonchev–Trinajstić information content (AvgIpc) is 2.86. The predicted molar refractivity (Wildman–Crippen MR) is 92.0 cm³/mol. The lowest BCUT2D eigenvalue weighted by atomic mass is 10.1. The zero-order chi connectivity index (χ0) is 14.4. The zero-order valence-corrected chi connectivity index (χ0v) is 14.1. The van der Waals surface area contributed by atoms with Gasteiger partial charge < -0.3 is 11.1 Å². The van der Waals surface area contributed by atoms with E-state index in [-0.39, 0.29) is 29.1 Å². The van der Waals surface area contributed by atoms with Crippen LogP contribution in [0.15, 0.2) is 35.2 Å². The fourth-order valence-corrected chi connectivity index (χ4v) is 4.13. The average molecular weight is 329 g/mol. The highest BCUT2D eigenvalue weighted by Gasteiger charge is 2.35. The number of halogens is 1. The number of thioether (sulfide) groups is 1. The molecule has 1 aliphatic carbocycles. The molecule has 1 aliphatic rings. The summed E-state index contributed by atoms with van der Waals surface area (Å²) in [6.45, 7) is 2.61. The smallest absolute Gasteiger partial charge is 0.221 e. The molecule has 0 spiro atoms. The maximum atomic E-state index is 11.8. The molecule has 118 valence electrons. The molecule has 0 saturated heterocycles. The molecule has 0 aromatic heterocycles. The van der Waals surface area contributed by atoms with E-state index < -0.39 is 0 Å². The van der Waals surface area contributed by atoms with Crippen molar-refractivity contribution in [2.75, 3.05) is 6.54 Å². The normalized spacial score (nSPS) is 17.8. The van der Waals surface area contributed by atoms with E-state index in [2.05, 4.69) is 29.6 Å². The van der Waals surface area contributed by atoms with Crippen LogP contribution in [0.1, 0.15) is 39.0 Å². The first-order chi connectivity index (χ1) is 9.60. The lowest BCUT2D eigenvalue weighted by Crippen LogP contribution is -2.40. The van der Waals surface area contributed by atoms with Crippen LogP contribution in [0, 0.1) is 0 Å². The predicted octanol–water partition coefficient (Wildman–Crippen LogP) is 3.37. The summed E-state index contributed by atoms with van der Waals surface area (Å²) in [5.74, 6) is 0.0694. The van der Waals surface area contributed by atoms with Gasteiger partial charge in [0.2, 0.25) is 5.91 Å². The standard InChI is InChI=1S/C16H24N2OS.ClH/c1-13(17)11-15(19)18-12-16(9-5-6-10-16)20-14-7-3-2-4-8-14;/h2-4,7-8,13H,5-6,9-12,17H2,1H3,(H,18,19);1H. The van der Waals surface area contributed by atoms with Crippen molar-refractivity contribution in [1.29, 1.82) is 0 Å². The number of benzene rings is 1. The first kappa shape index (κ1) is 18.3. The number of nitrogens with one attached hydrogen (secondary N) is 1. The first-order valence-electron chi connectivity index (χ1n) is 7.36. The van der Waals surface area contributed by atoms with Crippen LogP contribution in [0.5, 0.6) is 0 Å². The van der Waals surface area contributed by atoms with Gasteiger partial charge in [0.25, 0.3) is 0 Å². The quantitative estimate of drug-likeness (QED) is 0.841. The fraction of sp³-hybridized carbons (Fsp3) is 0.562. The Morgan fingerprint density at radius 2 is 1.95 bits per heavy atom. The third-order valence-corrected chi connectivity index (χ3v) is 5.20. The van der Waals surface area contributed by atoms with Crippen LogP contribution in [0.4, 0.5) is 0 Å². The second kappa shape index (κ2) is 8.66. The Morgan fingerprint density at radius 3 is 2.52 bits per heavy atom. The summed E-state index contributed by atoms with van der Waals surface area (Å²) in [6, 6.07) is 10.4. The van der Waals surface area contributed by atoms with E-state index in [4.69, 9.17) is 5.73 Å². The summed E-state index contributed by atoms with van der Waals surface area (Å²) >= 11 is 1.91. The van der Waals surface area contributed by atoms with Crippen LogP contribution >= 0.6 is 24.2 Å². The number of hydrogen-bond donors (Lipinski definition) is 2. The molecule has 0 radical (unpaired) electrons. The molecule has 0 heterocycles. The molecule has 1 fully saturated rings. The van der Waals surface area contributed by atoms with Crippen LogP contribution in [0.3, 0.4) is 0 Å². The summed E-state index contributed by atoms with van der Waals surface area (Å²) in [5, 5.41) is 3.08. The van der Waals surface area contributed by atoms with Gasteiger partial charge in [-0.3, -0.25) is 4.79 Å². The molecule has 1 unspecified atom stereocenters. The maximum Gasteiger partial charge on any atom is 0.221 e. The highest BCUT2D eigenvalue weighted by Crippen LogP contribution is 2.44. The summed E-state index contributed by atoms with van der Waals surface area (Å²) in [7, 11) is 0. The van der Waals surface area contributed by atoms with Crippen LogP contribution in [-0.4, -0.2) is 23.2 Å². The number of carbonyl (C=O) groups excluding carboxylic acids is 1. The molecule has 1 amide bonds. The summed E-state index contributed by atoms with van der Waals surface area (Å²) in [4.78, 5) is 13.1. The van der Waals surface area contributed by atoms with E-state index in [1.807, 2.05) is 24.8 Å². The molecular formula is C16H25ClN2OS. The molecule has 0 aliphatic heterocycles. The monoisotopic (exact) mass is 328 g/mol. The Labute approximate surface area is 137 Å². The van der Waals surface area contributed by atoms with E-state index in [1.54, 1.807) is 0 Å². The van der Waals surface area contributed by atoms with Gasteiger partial charge in [-0.2, -0.15) is 0 Å². The van der Waals surface area contributed by atoms with Crippen molar-refractivity contribution in [3.05, 3.63) is 30.3 Å². The molecule has 1 saturated carbocycles. The van der Waals surface area contributed by atoms with E-state index in [0.29, 0.717) is 6.42 Å². The molecular weight excluding hydrogens is 304 g/mol. The number of hydrogen-bond acceptors (Lipinski definition) is 3. The lowest BCUT2D eigenvalue weighted by Gasteiger charge is -2.29. The summed E-state index contributed by atoms with van der Waals surface area (Å²) in [5.41, 5.74) is 5.67. The van der Waals surface area contributed by atoms with Crippen molar-refractivity contribution in [3.63, 3.8) is 0 Å². The Bertz CT molecular complexity index is 433. The van der Waals surface area contributed by atoms with E-state index in [0.717, 1.165) is 6.54 Å². The van der Waals surface area contributed by atoms with Gasteiger partial charge in [-0.25, -0.2) is 0 Å². The Morgan fingerprint density at radius 1 is 1.33 bits per heavy atom. The molecule has 1 atom stereocenters. The molecule has 0 bridgehead atoms. The maximum absolute atomic E-state index is 11.8. The molecule has 5 heteroatoms. The number of carbonyl (C=O) groups is 1. The van der Waals surface area contributed by atoms with Crippen LogP contribution in [0.25, 0.3) is 0 Å². The minimum absolute atomic E-state index is 0.